The van der Waals surface area contributed by atoms with Gasteiger partial charge in [0.1, 0.15) is 19.0 Å². The van der Waals surface area contributed by atoms with Gasteiger partial charge in [-0.1, -0.05) is 48.1 Å². The van der Waals surface area contributed by atoms with Gasteiger partial charge < -0.3 is 24.1 Å². The normalized spacial score (nSPS) is 42.9. The molecule has 5 rings (SSSR count). The molecule has 5 fully saturated rings. The highest BCUT2D eigenvalue weighted by Gasteiger charge is 2.87. The zero-order valence-corrected chi connectivity index (χ0v) is 29.6. The maximum Gasteiger partial charge on any atom is 0.303 e. The molecule has 5 aliphatic carbocycles. The van der Waals surface area contributed by atoms with Crippen molar-refractivity contribution in [3.05, 3.63) is 12.2 Å². The van der Waals surface area contributed by atoms with Gasteiger partial charge in [0, 0.05) is 18.3 Å². The lowest BCUT2D eigenvalue weighted by atomic mass is 9.41. The van der Waals surface area contributed by atoms with E-state index in [2.05, 4.69) is 48.1 Å². The first-order valence-electron chi connectivity index (χ1n) is 17.6. The largest absolute Gasteiger partial charge is 0.460 e. The quantitative estimate of drug-likeness (QED) is 0.115. The molecule has 0 heterocycles. The average Bonchev–Trinajstić information content (AvgIpc) is 3.45. The van der Waals surface area contributed by atoms with Crippen LogP contribution in [0, 0.1) is 56.7 Å². The van der Waals surface area contributed by atoms with Crippen LogP contribution in [0.4, 0.5) is 0 Å². The Morgan fingerprint density at radius 2 is 1.67 bits per heavy atom. The highest BCUT2D eigenvalue weighted by atomic mass is 16.7. The number of fused-ring (bicyclic) bond motifs is 2. The first-order chi connectivity index (χ1) is 21.3. The first kappa shape index (κ1) is 35.4. The van der Waals surface area contributed by atoms with Gasteiger partial charge in [-0.25, -0.2) is 0 Å². The molecule has 12 atom stereocenters. The number of ketones is 1. The molecule has 0 amide bonds. The minimum atomic E-state index is -1.17. The number of carbonyl (C=O) groups excluding carboxylic acids is 4. The predicted octanol–water partition coefficient (Wildman–Crippen LogP) is 6.26. The van der Waals surface area contributed by atoms with Crippen LogP contribution in [0.25, 0.3) is 0 Å². The summed E-state index contributed by atoms with van der Waals surface area (Å²) in [6.45, 7) is 23.0. The van der Waals surface area contributed by atoms with Gasteiger partial charge in [0.25, 0.3) is 0 Å². The van der Waals surface area contributed by atoms with Crippen LogP contribution in [-0.4, -0.2) is 60.1 Å². The molecule has 5 aliphatic rings. The van der Waals surface area contributed by atoms with Gasteiger partial charge in [-0.2, -0.15) is 0 Å². The van der Waals surface area contributed by atoms with Crippen molar-refractivity contribution in [3.63, 3.8) is 0 Å². The van der Waals surface area contributed by atoms with Crippen molar-refractivity contribution in [1.29, 1.82) is 0 Å². The summed E-state index contributed by atoms with van der Waals surface area (Å²) in [5.74, 6) is 0.946. The SMILES string of the molecule is C=C1C(=O)C(C(C)CCC(OC(C)=O)C(C)(C)O)C2(C)CCC34C(CCC5C(C)(C)C(OC(C=O)OCC=O)CCC53C4C)C12C. The van der Waals surface area contributed by atoms with Crippen LogP contribution in [0.3, 0.4) is 0 Å². The zero-order chi connectivity index (χ0) is 34.3. The van der Waals surface area contributed by atoms with Crippen molar-refractivity contribution < 1.29 is 38.5 Å². The third-order valence-electron chi connectivity index (χ3n) is 15.0. The molecule has 0 aromatic carbocycles. The minimum Gasteiger partial charge on any atom is -0.460 e. The van der Waals surface area contributed by atoms with Crippen molar-refractivity contribution in [3.8, 4) is 0 Å². The molecule has 8 heteroatoms. The Morgan fingerprint density at radius 3 is 2.26 bits per heavy atom. The van der Waals surface area contributed by atoms with Gasteiger partial charge in [0.15, 0.2) is 12.1 Å². The second-order valence-electron chi connectivity index (χ2n) is 17.2. The lowest BCUT2D eigenvalue weighted by Gasteiger charge is -2.63. The van der Waals surface area contributed by atoms with E-state index < -0.39 is 24.0 Å². The number of ether oxygens (including phenoxy) is 3. The summed E-state index contributed by atoms with van der Waals surface area (Å²) in [7, 11) is 0. The zero-order valence-electron chi connectivity index (χ0n) is 29.6. The van der Waals surface area contributed by atoms with E-state index in [9.17, 15) is 24.3 Å². The van der Waals surface area contributed by atoms with Crippen molar-refractivity contribution in [2.45, 2.75) is 138 Å². The molecular formula is C38H58O8. The molecule has 12 unspecified atom stereocenters. The lowest BCUT2D eigenvalue weighted by Crippen LogP contribution is -2.58. The van der Waals surface area contributed by atoms with Crippen molar-refractivity contribution in [2.24, 2.45) is 56.7 Å². The topological polar surface area (TPSA) is 116 Å². The number of hydrogen-bond donors (Lipinski definition) is 1. The molecule has 46 heavy (non-hydrogen) atoms. The average molecular weight is 643 g/mol. The molecule has 8 nitrogen and oxygen atoms in total. The van der Waals surface area contributed by atoms with Crippen molar-refractivity contribution >= 4 is 24.3 Å². The Morgan fingerprint density at radius 1 is 1.04 bits per heavy atom. The van der Waals surface area contributed by atoms with Crippen molar-refractivity contribution in [1.82, 2.24) is 0 Å². The van der Waals surface area contributed by atoms with Gasteiger partial charge in [-0.15, -0.1) is 0 Å². The third kappa shape index (κ3) is 4.69. The fourth-order valence-electron chi connectivity index (χ4n) is 12.8. The number of aliphatic hydroxyl groups is 1. The Kier molecular flexibility index (Phi) is 8.94. The summed E-state index contributed by atoms with van der Waals surface area (Å²) >= 11 is 0. The highest BCUT2D eigenvalue weighted by Crippen LogP contribution is 2.91. The van der Waals surface area contributed by atoms with Crippen LogP contribution < -0.4 is 0 Å². The van der Waals surface area contributed by atoms with Gasteiger partial charge in [0.2, 0.25) is 6.29 Å². The molecule has 1 N–H and O–H groups in total. The Hall–Kier alpha value is -1.90. The smallest absolute Gasteiger partial charge is 0.303 e. The van der Waals surface area contributed by atoms with Crippen molar-refractivity contribution in [2.75, 3.05) is 6.61 Å². The van der Waals surface area contributed by atoms with Crippen LogP contribution in [0.5, 0.6) is 0 Å². The molecule has 0 radical (unpaired) electrons. The Bertz CT molecular complexity index is 1270. The van der Waals surface area contributed by atoms with Crippen LogP contribution in [0.2, 0.25) is 0 Å². The van der Waals surface area contributed by atoms with E-state index in [-0.39, 0.29) is 57.4 Å². The maximum atomic E-state index is 14.3. The Labute approximate surface area is 275 Å². The van der Waals surface area contributed by atoms with Crippen LogP contribution >= 0.6 is 0 Å². The Balaban J connectivity index is 1.41. The van der Waals surface area contributed by atoms with E-state index in [0.717, 1.165) is 44.1 Å². The van der Waals surface area contributed by atoms with Gasteiger partial charge >= 0.3 is 5.97 Å². The third-order valence-corrected chi connectivity index (χ3v) is 15.0. The van der Waals surface area contributed by atoms with Gasteiger partial charge in [-0.05, 0) is 116 Å². The molecule has 258 valence electrons. The van der Waals surface area contributed by atoms with E-state index >= 15 is 0 Å². The maximum absolute atomic E-state index is 14.3. The second kappa shape index (κ2) is 11.6. The molecule has 0 saturated heterocycles. The summed E-state index contributed by atoms with van der Waals surface area (Å²) in [6.07, 6.45) is 6.58. The first-order valence-corrected chi connectivity index (χ1v) is 17.6. The number of aldehydes is 2. The van der Waals surface area contributed by atoms with Crippen LogP contribution in [0.15, 0.2) is 12.2 Å². The number of Topliss-reactive ketones (excluding diaryl/α,β-unsaturated/α-hetero) is 1. The molecule has 0 aliphatic heterocycles. The number of hydrogen-bond acceptors (Lipinski definition) is 8. The van der Waals surface area contributed by atoms with E-state index in [1.165, 1.54) is 6.92 Å². The minimum absolute atomic E-state index is 0.0474. The lowest BCUT2D eigenvalue weighted by molar-refractivity contribution is -0.219. The summed E-state index contributed by atoms with van der Waals surface area (Å²) in [5, 5.41) is 10.7. The predicted molar refractivity (Wildman–Crippen MR) is 173 cm³/mol. The molecule has 5 saturated carbocycles. The standard InChI is InChI=1S/C38H58O8/c1-22(11-14-29(34(7,8)43)45-25(4)41)31-32(42)23(2)36(10)27-13-12-26-33(5,6)28(46-30(21-40)44-20-19-39)15-16-37(26)24(3)38(27,37)18-17-35(31,36)9/h19,21-22,24,26-31,43H,2,11-18,20H2,1,3-10H3. The monoisotopic (exact) mass is 642 g/mol. The molecular weight excluding hydrogens is 584 g/mol. The van der Waals surface area contributed by atoms with E-state index in [0.29, 0.717) is 43.2 Å². The molecule has 0 bridgehead atoms. The highest BCUT2D eigenvalue weighted by molar-refractivity contribution is 6.02. The number of allylic oxidation sites excluding steroid dienone is 1. The number of rotatable bonds is 12. The van der Waals surface area contributed by atoms with Crippen LogP contribution in [-0.2, 0) is 33.4 Å². The van der Waals surface area contributed by atoms with Crippen LogP contribution in [0.1, 0.15) is 114 Å². The van der Waals surface area contributed by atoms with E-state index in [1.54, 1.807) is 13.8 Å². The molecule has 0 aromatic rings. The van der Waals surface area contributed by atoms with Gasteiger partial charge in [-0.3, -0.25) is 14.4 Å². The fraction of sp³-hybridized carbons (Fsp3) is 0.842. The second-order valence-corrected chi connectivity index (χ2v) is 17.2. The summed E-state index contributed by atoms with van der Waals surface area (Å²) < 4.78 is 17.1. The molecule has 0 aromatic heterocycles. The summed E-state index contributed by atoms with van der Waals surface area (Å²) in [4.78, 5) is 48.7. The van der Waals surface area contributed by atoms with E-state index in [4.69, 9.17) is 14.2 Å². The molecule has 2 spiro atoms. The summed E-state index contributed by atoms with van der Waals surface area (Å²) in [5.41, 5.74) is -0.839. The number of carbonyl (C=O) groups is 4. The summed E-state index contributed by atoms with van der Waals surface area (Å²) in [6, 6.07) is 0. The number of esters is 1. The fourth-order valence-corrected chi connectivity index (χ4v) is 12.8. The van der Waals surface area contributed by atoms with Gasteiger partial charge in [0.05, 0.1) is 11.7 Å². The van der Waals surface area contributed by atoms with E-state index in [1.807, 2.05) is 0 Å².